The molecule has 0 fully saturated rings. The number of ether oxygens (including phenoxy) is 1. The fraction of sp³-hybridized carbons (Fsp3) is 0.333. The minimum Gasteiger partial charge on any atom is -0.497 e. The Hall–Kier alpha value is -1.30. The summed E-state index contributed by atoms with van der Waals surface area (Å²) in [6.07, 6.45) is 0.909. The van der Waals surface area contributed by atoms with Gasteiger partial charge in [0, 0.05) is 17.1 Å². The van der Waals surface area contributed by atoms with Crippen LogP contribution in [0.3, 0.4) is 0 Å². The maximum atomic E-state index is 9.97. The summed E-state index contributed by atoms with van der Waals surface area (Å²) < 4.78 is 11.3. The molecule has 1 aromatic carbocycles. The molecule has 0 aliphatic heterocycles. The molecule has 0 radical (unpaired) electrons. The molecule has 0 amide bonds. The normalized spacial score (nSPS) is 14.0. The maximum absolute atomic E-state index is 9.97. The van der Waals surface area contributed by atoms with Gasteiger partial charge in [0.05, 0.1) is 13.4 Å². The van der Waals surface area contributed by atoms with E-state index >= 15 is 0 Å². The lowest BCUT2D eigenvalue weighted by atomic mass is 10.1. The quantitative estimate of drug-likeness (QED) is 0.846. The van der Waals surface area contributed by atoms with E-state index in [1.54, 1.807) is 25.5 Å². The summed E-state index contributed by atoms with van der Waals surface area (Å²) in [5, 5.41) is 13.3. The average Bonchev–Trinajstić information content (AvgIpc) is 2.98. The summed E-state index contributed by atoms with van der Waals surface area (Å²) >= 11 is 3.53. The lowest BCUT2D eigenvalue weighted by Crippen LogP contribution is -2.24. The number of rotatable bonds is 6. The van der Waals surface area contributed by atoms with Crippen molar-refractivity contribution in [2.45, 2.75) is 19.1 Å². The van der Waals surface area contributed by atoms with Gasteiger partial charge in [0.1, 0.15) is 17.6 Å². The highest BCUT2D eigenvalue weighted by atomic mass is 79.9. The zero-order chi connectivity index (χ0) is 14.5. The fourth-order valence-corrected chi connectivity index (χ4v) is 2.67. The van der Waals surface area contributed by atoms with Crippen LogP contribution in [0.4, 0.5) is 0 Å². The van der Waals surface area contributed by atoms with Crippen LogP contribution in [0.15, 0.2) is 45.5 Å². The predicted molar refractivity (Wildman–Crippen MR) is 80.8 cm³/mol. The molecule has 0 unspecified atom stereocenters. The second-order valence-corrected chi connectivity index (χ2v) is 5.40. The summed E-state index contributed by atoms with van der Waals surface area (Å²) in [5.74, 6) is 1.38. The smallest absolute Gasteiger partial charge is 0.133 e. The molecule has 4 nitrogen and oxygen atoms in total. The fourth-order valence-electron chi connectivity index (χ4n) is 1.97. The molecule has 2 atom stereocenters. The van der Waals surface area contributed by atoms with E-state index in [1.807, 2.05) is 25.1 Å². The van der Waals surface area contributed by atoms with Gasteiger partial charge in [-0.2, -0.15) is 0 Å². The number of benzene rings is 1. The molecule has 0 saturated carbocycles. The van der Waals surface area contributed by atoms with Crippen molar-refractivity contribution in [3.05, 3.63) is 52.4 Å². The van der Waals surface area contributed by atoms with Gasteiger partial charge in [-0.1, -0.05) is 22.0 Å². The molecule has 20 heavy (non-hydrogen) atoms. The first-order valence-electron chi connectivity index (χ1n) is 6.40. The molecule has 108 valence electrons. The molecule has 0 aliphatic rings. The van der Waals surface area contributed by atoms with E-state index in [4.69, 9.17) is 9.15 Å². The Morgan fingerprint density at radius 2 is 2.20 bits per heavy atom. The molecule has 1 aromatic heterocycles. The Morgan fingerprint density at radius 1 is 1.40 bits per heavy atom. The monoisotopic (exact) mass is 339 g/mol. The lowest BCUT2D eigenvalue weighted by molar-refractivity contribution is 0.144. The number of aliphatic hydroxyl groups excluding tert-OH is 1. The Bertz CT molecular complexity index is 542. The Balaban J connectivity index is 1.96. The highest BCUT2D eigenvalue weighted by Gasteiger charge is 2.14. The van der Waals surface area contributed by atoms with Gasteiger partial charge in [-0.15, -0.1) is 0 Å². The molecular weight excluding hydrogens is 322 g/mol. The first-order valence-corrected chi connectivity index (χ1v) is 7.19. The van der Waals surface area contributed by atoms with E-state index in [2.05, 4.69) is 21.2 Å². The van der Waals surface area contributed by atoms with E-state index in [0.29, 0.717) is 12.3 Å². The molecule has 0 aliphatic carbocycles. The van der Waals surface area contributed by atoms with Gasteiger partial charge in [0.2, 0.25) is 0 Å². The van der Waals surface area contributed by atoms with Crippen LogP contribution in [-0.2, 0) is 0 Å². The Kier molecular flexibility index (Phi) is 5.23. The Morgan fingerprint density at radius 3 is 2.80 bits per heavy atom. The standard InChI is InChI=1S/C15H18BrNO3/c1-10(12-6-5-11(19-2)8-13(12)16)17-9-14(18)15-4-3-7-20-15/h3-8,10,14,17-18H,9H2,1-2H3/t10-,14+/m0/s1. The number of hydrogen-bond donors (Lipinski definition) is 2. The van der Waals surface area contributed by atoms with Gasteiger partial charge in [0.15, 0.2) is 0 Å². The average molecular weight is 340 g/mol. The van der Waals surface area contributed by atoms with Gasteiger partial charge in [-0.3, -0.25) is 0 Å². The SMILES string of the molecule is COc1ccc([C@H](C)NC[C@@H](O)c2ccco2)c(Br)c1. The van der Waals surface area contributed by atoms with Gasteiger partial charge < -0.3 is 19.6 Å². The second-order valence-electron chi connectivity index (χ2n) is 4.55. The van der Waals surface area contributed by atoms with E-state index in [1.165, 1.54) is 0 Å². The van der Waals surface area contributed by atoms with Crippen molar-refractivity contribution in [2.75, 3.05) is 13.7 Å². The minimum absolute atomic E-state index is 0.0971. The number of nitrogens with one attached hydrogen (secondary N) is 1. The third kappa shape index (κ3) is 3.62. The summed E-state index contributed by atoms with van der Waals surface area (Å²) in [6.45, 7) is 2.47. The molecular formula is C15H18BrNO3. The zero-order valence-electron chi connectivity index (χ0n) is 11.5. The maximum Gasteiger partial charge on any atom is 0.133 e. The summed E-state index contributed by atoms with van der Waals surface area (Å²) in [5.41, 5.74) is 1.11. The van der Waals surface area contributed by atoms with Gasteiger partial charge in [-0.25, -0.2) is 0 Å². The number of furan rings is 1. The van der Waals surface area contributed by atoms with Gasteiger partial charge in [0.25, 0.3) is 0 Å². The number of halogens is 1. The highest BCUT2D eigenvalue weighted by Crippen LogP contribution is 2.27. The van der Waals surface area contributed by atoms with Crippen LogP contribution in [0, 0.1) is 0 Å². The third-order valence-electron chi connectivity index (χ3n) is 3.16. The van der Waals surface area contributed by atoms with Crippen molar-refractivity contribution in [1.82, 2.24) is 5.32 Å². The van der Waals surface area contributed by atoms with Crippen LogP contribution < -0.4 is 10.1 Å². The number of methoxy groups -OCH3 is 1. The molecule has 2 rings (SSSR count). The van der Waals surface area contributed by atoms with E-state index < -0.39 is 6.10 Å². The lowest BCUT2D eigenvalue weighted by Gasteiger charge is -2.18. The molecule has 1 heterocycles. The van der Waals surface area contributed by atoms with Crippen molar-refractivity contribution in [3.8, 4) is 5.75 Å². The first kappa shape index (κ1) is 15.1. The summed E-state index contributed by atoms with van der Waals surface area (Å²) in [7, 11) is 1.64. The first-order chi connectivity index (χ1) is 9.61. The summed E-state index contributed by atoms with van der Waals surface area (Å²) in [6, 6.07) is 9.47. The van der Waals surface area contributed by atoms with E-state index in [-0.39, 0.29) is 6.04 Å². The van der Waals surface area contributed by atoms with E-state index in [0.717, 1.165) is 15.8 Å². The van der Waals surface area contributed by atoms with Gasteiger partial charge in [-0.05, 0) is 36.8 Å². The molecule has 2 N–H and O–H groups in total. The van der Waals surface area contributed by atoms with E-state index in [9.17, 15) is 5.11 Å². The highest BCUT2D eigenvalue weighted by molar-refractivity contribution is 9.10. The summed E-state index contributed by atoms with van der Waals surface area (Å²) in [4.78, 5) is 0. The van der Waals surface area contributed by atoms with Crippen LogP contribution >= 0.6 is 15.9 Å². The van der Waals surface area contributed by atoms with Crippen LogP contribution in [0.1, 0.15) is 30.4 Å². The van der Waals surface area contributed by atoms with Crippen molar-refractivity contribution in [2.24, 2.45) is 0 Å². The number of hydrogen-bond acceptors (Lipinski definition) is 4. The van der Waals surface area contributed by atoms with Crippen LogP contribution in [-0.4, -0.2) is 18.8 Å². The molecule has 5 heteroatoms. The predicted octanol–water partition coefficient (Wildman–Crippen LogP) is 3.43. The van der Waals surface area contributed by atoms with Crippen LogP contribution in [0.5, 0.6) is 5.75 Å². The molecule has 0 spiro atoms. The topological polar surface area (TPSA) is 54.6 Å². The number of aliphatic hydroxyl groups is 1. The second kappa shape index (κ2) is 6.92. The van der Waals surface area contributed by atoms with Crippen molar-refractivity contribution in [1.29, 1.82) is 0 Å². The minimum atomic E-state index is -0.649. The Labute approximate surface area is 126 Å². The molecule has 0 bridgehead atoms. The van der Waals surface area contributed by atoms with Crippen molar-refractivity contribution in [3.63, 3.8) is 0 Å². The van der Waals surface area contributed by atoms with Crippen molar-refractivity contribution < 1.29 is 14.3 Å². The largest absolute Gasteiger partial charge is 0.497 e. The van der Waals surface area contributed by atoms with Gasteiger partial charge >= 0.3 is 0 Å². The third-order valence-corrected chi connectivity index (χ3v) is 3.85. The van der Waals surface area contributed by atoms with Crippen LogP contribution in [0.25, 0.3) is 0 Å². The zero-order valence-corrected chi connectivity index (χ0v) is 13.1. The molecule has 2 aromatic rings. The van der Waals surface area contributed by atoms with Crippen LogP contribution in [0.2, 0.25) is 0 Å². The van der Waals surface area contributed by atoms with Crippen molar-refractivity contribution >= 4 is 15.9 Å². The molecule has 0 saturated heterocycles.